The van der Waals surface area contributed by atoms with Gasteiger partial charge in [-0.1, -0.05) is 43.6 Å². The Morgan fingerprint density at radius 3 is 2.37 bits per heavy atom. The number of rotatable bonds is 4. The van der Waals surface area contributed by atoms with Crippen LogP contribution >= 0.6 is 12.2 Å². The van der Waals surface area contributed by atoms with Crippen molar-refractivity contribution in [3.63, 3.8) is 0 Å². The molecule has 1 atom stereocenters. The lowest BCUT2D eigenvalue weighted by Gasteiger charge is -2.37. The van der Waals surface area contributed by atoms with Gasteiger partial charge in [0.05, 0.1) is 11.0 Å². The van der Waals surface area contributed by atoms with Crippen molar-refractivity contribution >= 4 is 17.2 Å². The Bertz CT molecular complexity index is 426. The summed E-state index contributed by atoms with van der Waals surface area (Å²) in [5.41, 5.74) is 6.88. The Hall–Kier alpha value is -1.00. The predicted octanol–water partition coefficient (Wildman–Crippen LogP) is 3.42. The monoisotopic (exact) mass is 280 g/mol. The smallest absolute Gasteiger partial charge is 0.123 e. The topological polar surface area (TPSA) is 29.3 Å². The molecule has 0 bridgehead atoms. The normalized spacial score (nSPS) is 18.5. The Balaban J connectivity index is 2.19. The molecule has 19 heavy (non-hydrogen) atoms. The molecule has 1 aromatic rings. The van der Waals surface area contributed by atoms with Crippen LogP contribution in [0.5, 0.6) is 0 Å². The van der Waals surface area contributed by atoms with E-state index in [1.165, 1.54) is 44.2 Å². The first-order valence-electron chi connectivity index (χ1n) is 6.86. The van der Waals surface area contributed by atoms with Crippen molar-refractivity contribution in [1.82, 2.24) is 4.90 Å². The van der Waals surface area contributed by atoms with Gasteiger partial charge >= 0.3 is 0 Å². The predicted molar refractivity (Wildman–Crippen MR) is 80.6 cm³/mol. The van der Waals surface area contributed by atoms with Gasteiger partial charge in [-0.25, -0.2) is 4.39 Å². The number of nitrogens with two attached hydrogens (primary N) is 1. The average molecular weight is 280 g/mol. The van der Waals surface area contributed by atoms with Crippen LogP contribution in [0.2, 0.25) is 0 Å². The largest absolute Gasteiger partial charge is 0.392 e. The number of nitrogens with zero attached hydrogens (tertiary/aromatic N) is 1. The molecule has 0 radical (unpaired) electrons. The molecule has 1 fully saturated rings. The molecule has 0 saturated heterocycles. The van der Waals surface area contributed by atoms with Crippen LogP contribution in [-0.4, -0.2) is 23.0 Å². The molecule has 4 heteroatoms. The van der Waals surface area contributed by atoms with Crippen LogP contribution in [-0.2, 0) is 0 Å². The van der Waals surface area contributed by atoms with Crippen LogP contribution in [0.4, 0.5) is 4.39 Å². The summed E-state index contributed by atoms with van der Waals surface area (Å²) in [6.07, 6.45) is 6.23. The lowest BCUT2D eigenvalue weighted by Crippen LogP contribution is -2.41. The van der Waals surface area contributed by atoms with Gasteiger partial charge in [-0.05, 0) is 37.6 Å². The molecule has 104 valence electrons. The molecule has 1 aliphatic rings. The van der Waals surface area contributed by atoms with Gasteiger partial charge in [0.2, 0.25) is 0 Å². The van der Waals surface area contributed by atoms with E-state index in [1.54, 1.807) is 12.1 Å². The van der Waals surface area contributed by atoms with Crippen molar-refractivity contribution in [2.45, 2.75) is 44.2 Å². The molecule has 2 rings (SSSR count). The molecule has 1 aromatic carbocycles. The fourth-order valence-corrected chi connectivity index (χ4v) is 3.25. The second-order valence-corrected chi connectivity index (χ2v) is 5.79. The Morgan fingerprint density at radius 1 is 1.26 bits per heavy atom. The van der Waals surface area contributed by atoms with Crippen LogP contribution in [0.15, 0.2) is 24.3 Å². The van der Waals surface area contributed by atoms with Crippen molar-refractivity contribution in [3.8, 4) is 0 Å². The minimum absolute atomic E-state index is 0.0984. The van der Waals surface area contributed by atoms with Gasteiger partial charge in [-0.15, -0.1) is 0 Å². The molecule has 0 aromatic heterocycles. The van der Waals surface area contributed by atoms with Crippen LogP contribution < -0.4 is 5.73 Å². The third-order valence-corrected chi connectivity index (χ3v) is 4.24. The molecular weight excluding hydrogens is 259 g/mol. The van der Waals surface area contributed by atoms with Gasteiger partial charge in [0.15, 0.2) is 0 Å². The molecule has 1 aliphatic carbocycles. The summed E-state index contributed by atoms with van der Waals surface area (Å²) >= 11 is 5.22. The molecule has 0 amide bonds. The summed E-state index contributed by atoms with van der Waals surface area (Å²) in [5, 5.41) is 0. The average Bonchev–Trinajstić information content (AvgIpc) is 2.42. The first-order chi connectivity index (χ1) is 9.09. The van der Waals surface area contributed by atoms with E-state index in [0.29, 0.717) is 11.0 Å². The Kier molecular flexibility index (Phi) is 4.88. The van der Waals surface area contributed by atoms with E-state index < -0.39 is 0 Å². The van der Waals surface area contributed by atoms with Gasteiger partial charge in [-0.3, -0.25) is 4.90 Å². The lowest BCUT2D eigenvalue weighted by molar-refractivity contribution is 0.170. The summed E-state index contributed by atoms with van der Waals surface area (Å²) < 4.78 is 13.0. The van der Waals surface area contributed by atoms with Gasteiger partial charge < -0.3 is 5.73 Å². The lowest BCUT2D eigenvalue weighted by atomic mass is 9.92. The van der Waals surface area contributed by atoms with Gasteiger partial charge in [0, 0.05) is 6.04 Å². The SMILES string of the molecule is CN(C1CCCCC1)C(C(N)=S)c1ccc(F)cc1. The zero-order valence-electron chi connectivity index (χ0n) is 11.3. The van der Waals surface area contributed by atoms with E-state index in [9.17, 15) is 4.39 Å². The zero-order valence-corrected chi connectivity index (χ0v) is 12.1. The minimum Gasteiger partial charge on any atom is -0.392 e. The standard InChI is InChI=1S/C15H21FN2S/c1-18(13-5-3-2-4-6-13)14(15(17)19)11-7-9-12(16)10-8-11/h7-10,13-14H,2-6H2,1H3,(H2,17,19). The van der Waals surface area contributed by atoms with Crippen molar-refractivity contribution in [2.75, 3.05) is 7.05 Å². The maximum absolute atomic E-state index is 13.0. The molecule has 1 unspecified atom stereocenters. The molecule has 0 heterocycles. The summed E-state index contributed by atoms with van der Waals surface area (Å²) in [4.78, 5) is 2.72. The molecule has 0 spiro atoms. The fourth-order valence-electron chi connectivity index (χ4n) is 2.94. The Morgan fingerprint density at radius 2 is 1.84 bits per heavy atom. The highest BCUT2D eigenvalue weighted by Gasteiger charge is 2.27. The van der Waals surface area contributed by atoms with Gasteiger partial charge in [0.25, 0.3) is 0 Å². The maximum atomic E-state index is 13.0. The van der Waals surface area contributed by atoms with Crippen LogP contribution in [0.1, 0.15) is 43.7 Å². The van der Waals surface area contributed by atoms with E-state index in [0.717, 1.165) is 5.56 Å². The molecule has 2 N–H and O–H groups in total. The Labute approximate surface area is 119 Å². The van der Waals surface area contributed by atoms with E-state index in [2.05, 4.69) is 11.9 Å². The van der Waals surface area contributed by atoms with E-state index in [1.807, 2.05) is 0 Å². The second kappa shape index (κ2) is 6.44. The summed E-state index contributed by atoms with van der Waals surface area (Å²) in [7, 11) is 2.07. The van der Waals surface area contributed by atoms with Crippen molar-refractivity contribution in [2.24, 2.45) is 5.73 Å². The van der Waals surface area contributed by atoms with Crippen molar-refractivity contribution in [1.29, 1.82) is 0 Å². The minimum atomic E-state index is -0.231. The first kappa shape index (κ1) is 14.4. The van der Waals surface area contributed by atoms with Crippen LogP contribution in [0, 0.1) is 5.82 Å². The molecular formula is C15H21FN2S. The van der Waals surface area contributed by atoms with Gasteiger partial charge in [-0.2, -0.15) is 0 Å². The number of benzene rings is 1. The second-order valence-electron chi connectivity index (χ2n) is 5.31. The van der Waals surface area contributed by atoms with E-state index in [4.69, 9.17) is 18.0 Å². The highest BCUT2D eigenvalue weighted by atomic mass is 32.1. The highest BCUT2D eigenvalue weighted by Crippen LogP contribution is 2.29. The maximum Gasteiger partial charge on any atom is 0.123 e. The summed E-state index contributed by atoms with van der Waals surface area (Å²) in [5.74, 6) is -0.231. The number of hydrogen-bond acceptors (Lipinski definition) is 2. The fraction of sp³-hybridized carbons (Fsp3) is 0.533. The zero-order chi connectivity index (χ0) is 13.8. The highest BCUT2D eigenvalue weighted by molar-refractivity contribution is 7.80. The third kappa shape index (κ3) is 3.51. The third-order valence-electron chi connectivity index (χ3n) is 4.01. The first-order valence-corrected chi connectivity index (χ1v) is 7.27. The molecule has 0 aliphatic heterocycles. The number of likely N-dealkylation sites (N-methyl/N-ethyl adjacent to an activating group) is 1. The number of thiocarbonyl (C=S) groups is 1. The van der Waals surface area contributed by atoms with E-state index >= 15 is 0 Å². The van der Waals surface area contributed by atoms with Gasteiger partial charge in [0.1, 0.15) is 5.82 Å². The van der Waals surface area contributed by atoms with Crippen LogP contribution in [0.25, 0.3) is 0 Å². The quantitative estimate of drug-likeness (QED) is 0.857. The number of hydrogen-bond donors (Lipinski definition) is 1. The molecule has 1 saturated carbocycles. The van der Waals surface area contributed by atoms with E-state index in [-0.39, 0.29) is 11.9 Å². The summed E-state index contributed by atoms with van der Waals surface area (Å²) in [6, 6.07) is 6.91. The van der Waals surface area contributed by atoms with Crippen molar-refractivity contribution in [3.05, 3.63) is 35.6 Å². The van der Waals surface area contributed by atoms with Crippen molar-refractivity contribution < 1.29 is 4.39 Å². The number of halogens is 1. The summed E-state index contributed by atoms with van der Waals surface area (Å²) in [6.45, 7) is 0. The molecule has 2 nitrogen and oxygen atoms in total. The van der Waals surface area contributed by atoms with Crippen LogP contribution in [0.3, 0.4) is 0 Å².